The van der Waals surface area contributed by atoms with Crippen molar-refractivity contribution in [1.82, 2.24) is 15.1 Å². The highest BCUT2D eigenvalue weighted by Crippen LogP contribution is 2.34. The summed E-state index contributed by atoms with van der Waals surface area (Å²) in [4.78, 5) is 0. The van der Waals surface area contributed by atoms with Crippen molar-refractivity contribution in [2.75, 3.05) is 13.2 Å². The van der Waals surface area contributed by atoms with E-state index in [4.69, 9.17) is 16.3 Å². The van der Waals surface area contributed by atoms with Gasteiger partial charge in [0.2, 0.25) is 0 Å². The molecule has 124 valence electrons. The number of nitrogens with zero attached hydrogens (tertiary/aromatic N) is 2. The summed E-state index contributed by atoms with van der Waals surface area (Å²) < 4.78 is 21.1. The summed E-state index contributed by atoms with van der Waals surface area (Å²) in [5.41, 5.74) is 2.12. The van der Waals surface area contributed by atoms with Gasteiger partial charge in [0.25, 0.3) is 0 Å². The van der Waals surface area contributed by atoms with E-state index in [2.05, 4.69) is 17.3 Å². The molecular formula is C17H21ClFN3O. The van der Waals surface area contributed by atoms with Gasteiger partial charge in [0.1, 0.15) is 11.9 Å². The van der Waals surface area contributed by atoms with Gasteiger partial charge in [-0.1, -0.05) is 17.7 Å². The maximum Gasteiger partial charge on any atom is 0.141 e. The van der Waals surface area contributed by atoms with Crippen molar-refractivity contribution < 1.29 is 9.13 Å². The Labute approximate surface area is 140 Å². The van der Waals surface area contributed by atoms with Gasteiger partial charge in [-0.3, -0.25) is 4.68 Å². The van der Waals surface area contributed by atoms with Crippen LogP contribution < -0.4 is 5.32 Å². The molecule has 1 aromatic carbocycles. The topological polar surface area (TPSA) is 39.1 Å². The number of hydrogen-bond acceptors (Lipinski definition) is 3. The molecule has 0 saturated carbocycles. The Morgan fingerprint density at radius 2 is 2.30 bits per heavy atom. The van der Waals surface area contributed by atoms with Crippen LogP contribution >= 0.6 is 11.6 Å². The number of aromatic nitrogens is 2. The first-order chi connectivity index (χ1) is 11.2. The predicted molar refractivity (Wildman–Crippen MR) is 87.8 cm³/mol. The Kier molecular flexibility index (Phi) is 5.30. The van der Waals surface area contributed by atoms with E-state index in [-0.39, 0.29) is 16.9 Å². The third-order valence-corrected chi connectivity index (χ3v) is 4.56. The summed E-state index contributed by atoms with van der Waals surface area (Å²) >= 11 is 5.81. The SMILES string of the molecule is CCn1nccc1[C@@H]1OCC[C@H]1CNCc1ccc(F)c(Cl)c1. The monoisotopic (exact) mass is 337 g/mol. The van der Waals surface area contributed by atoms with Crippen LogP contribution in [0, 0.1) is 11.7 Å². The van der Waals surface area contributed by atoms with Crippen LogP contribution in [0.15, 0.2) is 30.5 Å². The lowest BCUT2D eigenvalue weighted by molar-refractivity contribution is 0.0830. The minimum absolute atomic E-state index is 0.0850. The first-order valence-corrected chi connectivity index (χ1v) is 8.34. The number of halogens is 2. The molecule has 2 aromatic rings. The van der Waals surface area contributed by atoms with Crippen LogP contribution in [0.2, 0.25) is 5.02 Å². The lowest BCUT2D eigenvalue weighted by atomic mass is 9.98. The molecule has 1 saturated heterocycles. The average Bonchev–Trinajstić information content (AvgIpc) is 3.18. The van der Waals surface area contributed by atoms with Crippen molar-refractivity contribution in [3.05, 3.63) is 52.6 Å². The highest BCUT2D eigenvalue weighted by molar-refractivity contribution is 6.30. The van der Waals surface area contributed by atoms with Crippen LogP contribution in [0.1, 0.15) is 30.7 Å². The fourth-order valence-electron chi connectivity index (χ4n) is 3.07. The zero-order valence-corrected chi connectivity index (χ0v) is 13.9. The first kappa shape index (κ1) is 16.4. The molecule has 0 unspecified atom stereocenters. The van der Waals surface area contributed by atoms with Gasteiger partial charge < -0.3 is 10.1 Å². The standard InChI is InChI=1S/C17H21ClFN3O/c1-2-22-16(5-7-21-22)17-13(6-8-23-17)11-20-10-12-3-4-15(19)14(18)9-12/h3-5,7,9,13,17,20H,2,6,8,10-11H2,1H3/t13-,17+/m0/s1. The lowest BCUT2D eigenvalue weighted by Gasteiger charge is -2.20. The summed E-state index contributed by atoms with van der Waals surface area (Å²) in [6.07, 6.45) is 2.93. The number of benzene rings is 1. The molecule has 1 fully saturated rings. The molecule has 1 aliphatic heterocycles. The van der Waals surface area contributed by atoms with E-state index in [1.54, 1.807) is 12.1 Å². The maximum atomic E-state index is 13.2. The van der Waals surface area contributed by atoms with Crippen LogP contribution in [0.3, 0.4) is 0 Å². The molecular weight excluding hydrogens is 317 g/mol. The van der Waals surface area contributed by atoms with Crippen LogP contribution in [-0.4, -0.2) is 22.9 Å². The number of rotatable bonds is 6. The van der Waals surface area contributed by atoms with E-state index in [9.17, 15) is 4.39 Å². The van der Waals surface area contributed by atoms with Gasteiger partial charge >= 0.3 is 0 Å². The van der Waals surface area contributed by atoms with Crippen molar-refractivity contribution in [2.45, 2.75) is 32.5 Å². The maximum absolute atomic E-state index is 13.2. The largest absolute Gasteiger partial charge is 0.372 e. The zero-order valence-electron chi connectivity index (χ0n) is 13.1. The van der Waals surface area contributed by atoms with Crippen LogP contribution in [0.25, 0.3) is 0 Å². The number of aryl methyl sites for hydroxylation is 1. The van der Waals surface area contributed by atoms with Crippen molar-refractivity contribution >= 4 is 11.6 Å². The van der Waals surface area contributed by atoms with Gasteiger partial charge in [-0.2, -0.15) is 5.10 Å². The molecule has 1 aromatic heterocycles. The Morgan fingerprint density at radius 1 is 1.43 bits per heavy atom. The Balaban J connectivity index is 1.58. The summed E-state index contributed by atoms with van der Waals surface area (Å²) in [6, 6.07) is 6.86. The average molecular weight is 338 g/mol. The molecule has 2 heterocycles. The van der Waals surface area contributed by atoms with Crippen molar-refractivity contribution in [2.24, 2.45) is 5.92 Å². The summed E-state index contributed by atoms with van der Waals surface area (Å²) in [5, 5.41) is 7.92. The number of nitrogens with one attached hydrogen (secondary N) is 1. The van der Waals surface area contributed by atoms with Crippen molar-refractivity contribution in [1.29, 1.82) is 0 Å². The molecule has 0 aliphatic carbocycles. The zero-order chi connectivity index (χ0) is 16.2. The Hall–Kier alpha value is -1.43. The molecule has 0 amide bonds. The molecule has 3 rings (SSSR count). The second-order valence-corrected chi connectivity index (χ2v) is 6.20. The molecule has 23 heavy (non-hydrogen) atoms. The van der Waals surface area contributed by atoms with Gasteiger partial charge in [0.15, 0.2) is 0 Å². The van der Waals surface area contributed by atoms with Gasteiger partial charge in [-0.05, 0) is 37.1 Å². The molecule has 1 aliphatic rings. The molecule has 1 N–H and O–H groups in total. The molecule has 6 heteroatoms. The summed E-state index contributed by atoms with van der Waals surface area (Å²) in [7, 11) is 0. The minimum atomic E-state index is -0.382. The number of hydrogen-bond donors (Lipinski definition) is 1. The molecule has 2 atom stereocenters. The molecule has 0 radical (unpaired) electrons. The Morgan fingerprint density at radius 3 is 3.09 bits per heavy atom. The fraction of sp³-hybridized carbons (Fsp3) is 0.471. The van der Waals surface area contributed by atoms with Crippen LogP contribution in [-0.2, 0) is 17.8 Å². The molecule has 4 nitrogen and oxygen atoms in total. The minimum Gasteiger partial charge on any atom is -0.372 e. The van der Waals surface area contributed by atoms with Gasteiger partial charge in [0.05, 0.1) is 10.7 Å². The van der Waals surface area contributed by atoms with E-state index >= 15 is 0 Å². The normalized spacial score (nSPS) is 21.0. The smallest absolute Gasteiger partial charge is 0.141 e. The van der Waals surface area contributed by atoms with Crippen LogP contribution in [0.5, 0.6) is 0 Å². The summed E-state index contributed by atoms with van der Waals surface area (Å²) in [6.45, 7) is 5.20. The van der Waals surface area contributed by atoms with Crippen molar-refractivity contribution in [3.8, 4) is 0 Å². The van der Waals surface area contributed by atoms with Crippen molar-refractivity contribution in [3.63, 3.8) is 0 Å². The van der Waals surface area contributed by atoms with Gasteiger partial charge in [0, 0.05) is 38.4 Å². The highest BCUT2D eigenvalue weighted by Gasteiger charge is 2.31. The predicted octanol–water partition coefficient (Wildman–Crippen LogP) is 3.56. The van der Waals surface area contributed by atoms with Crippen LogP contribution in [0.4, 0.5) is 4.39 Å². The quantitative estimate of drug-likeness (QED) is 0.876. The van der Waals surface area contributed by atoms with E-state index in [1.807, 2.05) is 16.9 Å². The second-order valence-electron chi connectivity index (χ2n) is 5.79. The highest BCUT2D eigenvalue weighted by atomic mass is 35.5. The van der Waals surface area contributed by atoms with Gasteiger partial charge in [-0.25, -0.2) is 4.39 Å². The lowest BCUT2D eigenvalue weighted by Crippen LogP contribution is -2.25. The van der Waals surface area contributed by atoms with E-state index in [0.717, 1.165) is 37.4 Å². The molecule has 0 spiro atoms. The van der Waals surface area contributed by atoms with E-state index in [0.29, 0.717) is 12.5 Å². The van der Waals surface area contributed by atoms with E-state index in [1.165, 1.54) is 6.07 Å². The van der Waals surface area contributed by atoms with E-state index < -0.39 is 0 Å². The second kappa shape index (κ2) is 7.43. The first-order valence-electron chi connectivity index (χ1n) is 7.97. The third kappa shape index (κ3) is 3.74. The Bertz CT molecular complexity index is 661. The molecule has 0 bridgehead atoms. The fourth-order valence-corrected chi connectivity index (χ4v) is 3.27. The number of ether oxygens (including phenoxy) is 1. The third-order valence-electron chi connectivity index (χ3n) is 4.27. The van der Waals surface area contributed by atoms with Gasteiger partial charge in [-0.15, -0.1) is 0 Å². The summed E-state index contributed by atoms with van der Waals surface area (Å²) in [5.74, 6) is 0.0282.